The van der Waals surface area contributed by atoms with Crippen LogP contribution in [0.1, 0.15) is 23.6 Å². The Bertz CT molecular complexity index is 1410. The minimum atomic E-state index is -3.86. The summed E-state index contributed by atoms with van der Waals surface area (Å²) in [5.41, 5.74) is 3.70. The van der Waals surface area contributed by atoms with Crippen molar-refractivity contribution in [1.82, 2.24) is 14.4 Å². The second-order valence-corrected chi connectivity index (χ2v) is 9.40. The van der Waals surface area contributed by atoms with E-state index in [-0.39, 0.29) is 4.90 Å². The highest BCUT2D eigenvalue weighted by Crippen LogP contribution is 2.38. The maximum Gasteiger partial charge on any atom is 0.279 e. The third-order valence-corrected chi connectivity index (χ3v) is 7.13. The quantitative estimate of drug-likeness (QED) is 0.448. The third kappa shape index (κ3) is 3.66. The van der Waals surface area contributed by atoms with Crippen molar-refractivity contribution in [2.24, 2.45) is 5.10 Å². The van der Waals surface area contributed by atoms with E-state index < -0.39 is 16.1 Å². The Labute approximate surface area is 184 Å². The minimum Gasteiger partial charge on any atom is -0.253 e. The highest BCUT2D eigenvalue weighted by Gasteiger charge is 2.37. The first-order chi connectivity index (χ1) is 15.0. The molecule has 1 aliphatic rings. The minimum absolute atomic E-state index is 0.191. The average molecular weight is 449 g/mol. The van der Waals surface area contributed by atoms with Crippen molar-refractivity contribution in [2.75, 3.05) is 0 Å². The van der Waals surface area contributed by atoms with Gasteiger partial charge in [0, 0.05) is 23.8 Å². The second-order valence-electron chi connectivity index (χ2n) is 7.17. The zero-order valence-electron chi connectivity index (χ0n) is 16.3. The molecule has 154 valence electrons. The molecular formula is C23H17ClN4O2S. The predicted molar refractivity (Wildman–Crippen MR) is 120 cm³/mol. The van der Waals surface area contributed by atoms with E-state index in [4.69, 9.17) is 11.6 Å². The molecule has 0 fully saturated rings. The summed E-state index contributed by atoms with van der Waals surface area (Å²) in [6, 6.07) is 20.7. The monoisotopic (exact) mass is 448 g/mol. The molecule has 1 aliphatic heterocycles. The van der Waals surface area contributed by atoms with Crippen LogP contribution in [0.2, 0.25) is 5.02 Å². The summed E-state index contributed by atoms with van der Waals surface area (Å²) in [4.78, 5) is 8.85. The molecule has 0 aliphatic carbocycles. The highest BCUT2D eigenvalue weighted by atomic mass is 35.5. The lowest BCUT2D eigenvalue weighted by Crippen LogP contribution is -2.27. The van der Waals surface area contributed by atoms with E-state index in [1.807, 2.05) is 30.3 Å². The molecule has 0 saturated heterocycles. The standard InChI is InChI=1S/C23H17ClN4O2S/c24-18-6-4-5-16(13-18)21-15-23(17-9-10-20-22(14-17)26-12-11-25-20)28(27-21)31(29,30)19-7-2-1-3-8-19/h1-14,23H,15H2/t23-/m0/s1. The van der Waals surface area contributed by atoms with Crippen LogP contribution in [0, 0.1) is 0 Å². The molecule has 1 aromatic heterocycles. The van der Waals surface area contributed by atoms with Crippen molar-refractivity contribution in [1.29, 1.82) is 0 Å². The summed E-state index contributed by atoms with van der Waals surface area (Å²) in [5.74, 6) is 0. The molecule has 0 saturated carbocycles. The van der Waals surface area contributed by atoms with Gasteiger partial charge in [-0.3, -0.25) is 9.97 Å². The van der Waals surface area contributed by atoms with Crippen LogP contribution in [0.4, 0.5) is 0 Å². The number of benzene rings is 3. The summed E-state index contributed by atoms with van der Waals surface area (Å²) in [5, 5.41) is 5.12. The Morgan fingerprint density at radius 1 is 0.871 bits per heavy atom. The van der Waals surface area contributed by atoms with Gasteiger partial charge in [0.2, 0.25) is 0 Å². The number of aromatic nitrogens is 2. The molecule has 8 heteroatoms. The third-order valence-electron chi connectivity index (χ3n) is 5.20. The van der Waals surface area contributed by atoms with Crippen LogP contribution in [0.3, 0.4) is 0 Å². The summed E-state index contributed by atoms with van der Waals surface area (Å²) >= 11 is 6.16. The van der Waals surface area contributed by atoms with Gasteiger partial charge in [-0.1, -0.05) is 48.0 Å². The van der Waals surface area contributed by atoms with Crippen molar-refractivity contribution < 1.29 is 8.42 Å². The molecule has 2 heterocycles. The van der Waals surface area contributed by atoms with Crippen molar-refractivity contribution >= 4 is 38.4 Å². The van der Waals surface area contributed by atoms with Crippen molar-refractivity contribution in [3.8, 4) is 0 Å². The second kappa shape index (κ2) is 7.76. The molecule has 3 aromatic carbocycles. The van der Waals surface area contributed by atoms with Gasteiger partial charge in [-0.05, 0) is 47.5 Å². The maximum atomic E-state index is 13.5. The lowest BCUT2D eigenvalue weighted by atomic mass is 9.99. The Hall–Kier alpha value is -3.29. The lowest BCUT2D eigenvalue weighted by molar-refractivity contribution is 0.371. The van der Waals surface area contributed by atoms with Crippen molar-refractivity contribution in [2.45, 2.75) is 17.4 Å². The molecule has 4 aromatic rings. The fourth-order valence-corrected chi connectivity index (χ4v) is 5.33. The molecule has 0 radical (unpaired) electrons. The normalized spacial score (nSPS) is 16.5. The van der Waals surface area contributed by atoms with E-state index in [9.17, 15) is 8.42 Å². The number of halogens is 1. The molecule has 31 heavy (non-hydrogen) atoms. The van der Waals surface area contributed by atoms with Crippen LogP contribution in [-0.4, -0.2) is 28.5 Å². The molecule has 1 atom stereocenters. The first kappa shape index (κ1) is 19.7. The van der Waals surface area contributed by atoms with Gasteiger partial charge < -0.3 is 0 Å². The van der Waals surface area contributed by atoms with Gasteiger partial charge in [0.15, 0.2) is 0 Å². The van der Waals surface area contributed by atoms with Crippen LogP contribution >= 0.6 is 11.6 Å². The largest absolute Gasteiger partial charge is 0.279 e. The Balaban J connectivity index is 1.63. The fraction of sp³-hybridized carbons (Fsp3) is 0.0870. The van der Waals surface area contributed by atoms with Gasteiger partial charge in [0.05, 0.1) is 27.7 Å². The van der Waals surface area contributed by atoms with Crippen LogP contribution in [-0.2, 0) is 10.0 Å². The highest BCUT2D eigenvalue weighted by molar-refractivity contribution is 7.89. The van der Waals surface area contributed by atoms with E-state index in [0.717, 1.165) is 16.6 Å². The molecule has 5 rings (SSSR count). The van der Waals surface area contributed by atoms with E-state index in [1.54, 1.807) is 54.9 Å². The first-order valence-corrected chi connectivity index (χ1v) is 11.5. The van der Waals surface area contributed by atoms with Gasteiger partial charge in [-0.25, -0.2) is 0 Å². The van der Waals surface area contributed by atoms with Gasteiger partial charge in [-0.15, -0.1) is 0 Å². The molecule has 0 bridgehead atoms. The van der Waals surface area contributed by atoms with Gasteiger partial charge in [-0.2, -0.15) is 17.9 Å². The summed E-state index contributed by atoms with van der Waals surface area (Å²) in [7, 11) is -3.86. The number of fused-ring (bicyclic) bond motifs is 1. The molecule has 6 nitrogen and oxygen atoms in total. The van der Waals surface area contributed by atoms with Gasteiger partial charge in [0.25, 0.3) is 10.0 Å². The SMILES string of the molecule is O=S(=O)(c1ccccc1)N1N=C(c2cccc(Cl)c2)C[C@H]1c1ccc2nccnc2c1. The Morgan fingerprint density at radius 3 is 2.42 bits per heavy atom. The summed E-state index contributed by atoms with van der Waals surface area (Å²) in [6.07, 6.45) is 3.66. The van der Waals surface area contributed by atoms with Crippen LogP contribution < -0.4 is 0 Å². The number of hydrogen-bond acceptors (Lipinski definition) is 5. The molecule has 0 unspecified atom stereocenters. The number of hydrazone groups is 1. The number of rotatable bonds is 4. The molecular weight excluding hydrogens is 432 g/mol. The van der Waals surface area contributed by atoms with E-state index in [2.05, 4.69) is 15.1 Å². The van der Waals surface area contributed by atoms with E-state index in [1.165, 1.54) is 4.41 Å². The van der Waals surface area contributed by atoms with Crippen molar-refractivity contribution in [3.05, 3.63) is 101 Å². The summed E-state index contributed by atoms with van der Waals surface area (Å²) < 4.78 is 28.2. The molecule has 0 spiro atoms. The van der Waals surface area contributed by atoms with Crippen molar-refractivity contribution in [3.63, 3.8) is 0 Å². The number of nitrogens with zero attached hydrogens (tertiary/aromatic N) is 4. The van der Waals surface area contributed by atoms with Gasteiger partial charge >= 0.3 is 0 Å². The smallest absolute Gasteiger partial charge is 0.253 e. The number of hydrogen-bond donors (Lipinski definition) is 0. The number of sulfonamides is 1. The average Bonchev–Trinajstić information content (AvgIpc) is 3.26. The Kier molecular flexibility index (Phi) is 4.92. The molecule has 0 amide bonds. The first-order valence-electron chi connectivity index (χ1n) is 9.66. The summed E-state index contributed by atoms with van der Waals surface area (Å²) in [6.45, 7) is 0. The van der Waals surface area contributed by atoms with E-state index in [0.29, 0.717) is 22.7 Å². The van der Waals surface area contributed by atoms with Crippen LogP contribution in [0.15, 0.2) is 95.2 Å². The lowest BCUT2D eigenvalue weighted by Gasteiger charge is -2.23. The fourth-order valence-electron chi connectivity index (χ4n) is 3.69. The van der Waals surface area contributed by atoms with Gasteiger partial charge in [0.1, 0.15) is 0 Å². The zero-order chi connectivity index (χ0) is 21.4. The zero-order valence-corrected chi connectivity index (χ0v) is 17.8. The Morgan fingerprint density at radius 2 is 1.65 bits per heavy atom. The molecule has 0 N–H and O–H groups in total. The van der Waals surface area contributed by atoms with Crippen LogP contribution in [0.5, 0.6) is 0 Å². The maximum absolute atomic E-state index is 13.5. The topological polar surface area (TPSA) is 75.5 Å². The predicted octanol–water partition coefficient (Wildman–Crippen LogP) is 4.82. The van der Waals surface area contributed by atoms with Crippen LogP contribution in [0.25, 0.3) is 11.0 Å². The van der Waals surface area contributed by atoms with E-state index >= 15 is 0 Å².